The van der Waals surface area contributed by atoms with Crippen LogP contribution in [0.4, 0.5) is 0 Å². The third-order valence-electron chi connectivity index (χ3n) is 8.83. The molecule has 0 bridgehead atoms. The molecular formula is C37H41N15O10. The molecule has 62 heavy (non-hydrogen) atoms. The average Bonchev–Trinajstić information content (AvgIpc) is 3.27. The van der Waals surface area contributed by atoms with Crippen LogP contribution in [-0.2, 0) is 38.4 Å². The molecule has 3 heterocycles. The van der Waals surface area contributed by atoms with Gasteiger partial charge in [0.15, 0.2) is 0 Å². The summed E-state index contributed by atoms with van der Waals surface area (Å²) in [7, 11) is 0. The maximum Gasteiger partial charge on any atom is 0.271 e. The van der Waals surface area contributed by atoms with E-state index in [4.69, 9.17) is 11.5 Å². The number of carbonyl (C=O) groups excluding carboxylic acids is 10. The number of aromatic nitrogens is 4. The Bertz CT molecular complexity index is 2410. The van der Waals surface area contributed by atoms with Gasteiger partial charge in [0.25, 0.3) is 11.8 Å². The van der Waals surface area contributed by atoms with Crippen LogP contribution in [0.25, 0.3) is 22.1 Å². The third-order valence-corrected chi connectivity index (χ3v) is 8.83. The SMILES string of the molecule is NCC1NC(=O)C[C@@H](C(N)=O)NC(=O)CNC(=O)CNC(=O)C(CNC(=O)c2cnc3ccccc3n2)NC(=O)CNC(=O)C(CNC(=O)c2cnc3ccccc3n2)NC1=O. The van der Waals surface area contributed by atoms with Gasteiger partial charge in [0.1, 0.15) is 35.6 Å². The van der Waals surface area contributed by atoms with Crippen LogP contribution >= 0.6 is 0 Å². The average molecular weight is 856 g/mol. The molecule has 1 aliphatic rings. The summed E-state index contributed by atoms with van der Waals surface area (Å²) in [6, 6.07) is 7.05. The van der Waals surface area contributed by atoms with E-state index in [0.29, 0.717) is 22.1 Å². The predicted molar refractivity (Wildman–Crippen MR) is 213 cm³/mol. The van der Waals surface area contributed by atoms with Gasteiger partial charge in [-0.1, -0.05) is 24.3 Å². The second kappa shape index (κ2) is 21.2. The highest BCUT2D eigenvalue weighted by atomic mass is 16.2. The molecule has 25 heteroatoms. The highest BCUT2D eigenvalue weighted by Gasteiger charge is 2.30. The lowest BCUT2D eigenvalue weighted by Crippen LogP contribution is -2.60. The molecule has 0 spiro atoms. The van der Waals surface area contributed by atoms with Gasteiger partial charge >= 0.3 is 0 Å². The second-order valence-electron chi connectivity index (χ2n) is 13.4. The van der Waals surface area contributed by atoms with Crippen molar-refractivity contribution in [2.45, 2.75) is 30.6 Å². The zero-order valence-corrected chi connectivity index (χ0v) is 32.6. The van der Waals surface area contributed by atoms with E-state index in [1.807, 2.05) is 0 Å². The summed E-state index contributed by atoms with van der Waals surface area (Å²) in [6.07, 6.45) is 1.62. The maximum atomic E-state index is 13.5. The largest absolute Gasteiger partial charge is 0.368 e. The lowest BCUT2D eigenvalue weighted by molar-refractivity contribution is -0.134. The van der Waals surface area contributed by atoms with Crippen LogP contribution in [0.5, 0.6) is 0 Å². The fraction of sp³-hybridized carbons (Fsp3) is 0.297. The van der Waals surface area contributed by atoms with Crippen LogP contribution in [0.15, 0.2) is 60.9 Å². The van der Waals surface area contributed by atoms with Gasteiger partial charge in [0.05, 0.1) is 60.5 Å². The lowest BCUT2D eigenvalue weighted by atomic mass is 10.1. The first-order valence-electron chi connectivity index (χ1n) is 18.7. The highest BCUT2D eigenvalue weighted by Crippen LogP contribution is 2.10. The van der Waals surface area contributed by atoms with E-state index >= 15 is 0 Å². The minimum Gasteiger partial charge on any atom is -0.368 e. The number of benzene rings is 2. The van der Waals surface area contributed by atoms with E-state index in [2.05, 4.69) is 67.8 Å². The molecule has 25 nitrogen and oxygen atoms in total. The molecule has 5 rings (SSSR count). The fourth-order valence-corrected chi connectivity index (χ4v) is 5.60. The Hall–Kier alpha value is -8.22. The van der Waals surface area contributed by atoms with Crippen molar-refractivity contribution in [2.24, 2.45) is 11.5 Å². The van der Waals surface area contributed by atoms with Crippen LogP contribution in [0.1, 0.15) is 27.4 Å². The summed E-state index contributed by atoms with van der Waals surface area (Å²) in [5.41, 5.74) is 12.7. The van der Waals surface area contributed by atoms with E-state index in [9.17, 15) is 47.9 Å². The minimum atomic E-state index is -1.64. The molecule has 1 aliphatic heterocycles. The van der Waals surface area contributed by atoms with Gasteiger partial charge in [-0.3, -0.25) is 57.9 Å². The molecule has 4 aromatic rings. The lowest BCUT2D eigenvalue weighted by Gasteiger charge is -2.24. The van der Waals surface area contributed by atoms with Crippen LogP contribution in [0.3, 0.4) is 0 Å². The molecular weight excluding hydrogens is 815 g/mol. The summed E-state index contributed by atoms with van der Waals surface area (Å²) in [4.78, 5) is 147. The molecule has 0 radical (unpaired) electrons. The van der Waals surface area contributed by atoms with E-state index in [1.165, 1.54) is 12.4 Å². The van der Waals surface area contributed by atoms with E-state index in [1.54, 1.807) is 48.5 Å². The first-order valence-corrected chi connectivity index (χ1v) is 18.7. The summed E-state index contributed by atoms with van der Waals surface area (Å²) in [5, 5.41) is 20.8. The van der Waals surface area contributed by atoms with E-state index in [-0.39, 0.29) is 11.4 Å². The summed E-state index contributed by atoms with van der Waals surface area (Å²) in [6.45, 7) is -4.01. The number of nitrogens with one attached hydrogen (secondary N) is 9. The summed E-state index contributed by atoms with van der Waals surface area (Å²) in [5.74, 6) is -9.64. The smallest absolute Gasteiger partial charge is 0.271 e. The van der Waals surface area contributed by atoms with Crippen LogP contribution in [0, 0.1) is 0 Å². The van der Waals surface area contributed by atoms with Gasteiger partial charge in [-0.15, -0.1) is 0 Å². The fourth-order valence-electron chi connectivity index (χ4n) is 5.60. The third kappa shape index (κ3) is 12.6. The molecule has 4 atom stereocenters. The van der Waals surface area contributed by atoms with Crippen molar-refractivity contribution in [3.05, 3.63) is 72.3 Å². The normalized spacial score (nSPS) is 20.0. The Morgan fingerprint density at radius 1 is 0.565 bits per heavy atom. The maximum absolute atomic E-state index is 13.5. The van der Waals surface area contributed by atoms with E-state index < -0.39 is 129 Å². The zero-order valence-electron chi connectivity index (χ0n) is 32.6. The van der Waals surface area contributed by atoms with Crippen LogP contribution < -0.4 is 59.3 Å². The number of amides is 10. The van der Waals surface area contributed by atoms with Crippen LogP contribution in [-0.4, -0.2) is 142 Å². The van der Waals surface area contributed by atoms with Gasteiger partial charge in [-0.2, -0.15) is 0 Å². The molecule has 1 saturated heterocycles. The van der Waals surface area contributed by atoms with Gasteiger partial charge in [0.2, 0.25) is 47.3 Å². The monoisotopic (exact) mass is 855 g/mol. The van der Waals surface area contributed by atoms with Gasteiger partial charge in [0, 0.05) is 19.6 Å². The second-order valence-corrected chi connectivity index (χ2v) is 13.4. The molecule has 0 saturated carbocycles. The molecule has 10 amide bonds. The Balaban J connectivity index is 1.35. The number of carbonyl (C=O) groups is 10. The number of para-hydroxylation sites is 4. The zero-order chi connectivity index (χ0) is 44.8. The molecule has 324 valence electrons. The highest BCUT2D eigenvalue weighted by molar-refractivity contribution is 5.99. The van der Waals surface area contributed by atoms with Gasteiger partial charge in [-0.05, 0) is 24.3 Å². The van der Waals surface area contributed by atoms with Crippen molar-refractivity contribution >= 4 is 81.1 Å². The van der Waals surface area contributed by atoms with E-state index in [0.717, 1.165) is 0 Å². The molecule has 1 fully saturated rings. The number of primary amides is 1. The Kier molecular flexibility index (Phi) is 15.3. The first-order chi connectivity index (χ1) is 29.7. The number of hydrogen-bond donors (Lipinski definition) is 11. The van der Waals surface area contributed by atoms with Crippen molar-refractivity contribution in [1.82, 2.24) is 67.8 Å². The van der Waals surface area contributed by atoms with Crippen molar-refractivity contribution in [2.75, 3.05) is 39.3 Å². The standard InChI is InChI=1S/C37H41N15O10/c38-10-23-37(62)52-27(14-44-34(59)25-12-41-19-6-2-4-8-21(19)48-25)36(61)46-17-31(56)51-26(13-43-33(58)24-11-40-18-5-1-3-7-20(18)47-24)35(60)45-15-29(54)42-16-30(55)49-22(32(39)57)9-28(53)50-23/h1-8,11-12,22-23,26-27H,9-10,13-17,38H2,(H2,39,57)(H,42,54)(H,43,58)(H,44,59)(H,45,60)(H,46,61)(H,49,55)(H,50,53)(H,51,56)(H,52,62)/t22-,23?,26?,27?/m0/s1. The summed E-state index contributed by atoms with van der Waals surface area (Å²) < 4.78 is 0. The molecule has 2 aromatic heterocycles. The topological polar surface area (TPSA) is 383 Å². The number of fused-ring (bicyclic) bond motifs is 2. The molecule has 3 unspecified atom stereocenters. The first kappa shape index (κ1) is 44.9. The molecule has 13 N–H and O–H groups in total. The number of hydrogen-bond acceptors (Lipinski definition) is 15. The summed E-state index contributed by atoms with van der Waals surface area (Å²) >= 11 is 0. The van der Waals surface area contributed by atoms with Crippen LogP contribution in [0.2, 0.25) is 0 Å². The van der Waals surface area contributed by atoms with Crippen molar-refractivity contribution in [3.63, 3.8) is 0 Å². The molecule has 2 aromatic carbocycles. The minimum absolute atomic E-state index is 0.124. The number of nitrogens with two attached hydrogens (primary N) is 2. The number of nitrogens with zero attached hydrogens (tertiary/aromatic N) is 4. The Morgan fingerprint density at radius 3 is 1.53 bits per heavy atom. The van der Waals surface area contributed by atoms with Crippen molar-refractivity contribution in [3.8, 4) is 0 Å². The van der Waals surface area contributed by atoms with Gasteiger partial charge < -0.3 is 59.3 Å². The van der Waals surface area contributed by atoms with Crippen molar-refractivity contribution < 1.29 is 47.9 Å². The Labute approximate surface area is 350 Å². The van der Waals surface area contributed by atoms with Gasteiger partial charge in [-0.25, -0.2) is 9.97 Å². The Morgan fingerprint density at radius 2 is 1.02 bits per heavy atom. The quantitative estimate of drug-likeness (QED) is 0.0786. The number of rotatable bonds is 8. The predicted octanol–water partition coefficient (Wildman–Crippen LogP) is -6.13. The molecule has 0 aliphatic carbocycles. The van der Waals surface area contributed by atoms with Crippen molar-refractivity contribution in [1.29, 1.82) is 0 Å².